The number of hydrogen-bond acceptors (Lipinski definition) is 3. The van der Waals surface area contributed by atoms with Crippen LogP contribution >= 0.6 is 0 Å². The molecule has 0 saturated heterocycles. The Bertz CT molecular complexity index is 433. The summed E-state index contributed by atoms with van der Waals surface area (Å²) in [4.78, 5) is 0. The molecular formula is C18H29NO2. The highest BCUT2D eigenvalue weighted by Crippen LogP contribution is 2.46. The van der Waals surface area contributed by atoms with E-state index in [0.29, 0.717) is 6.54 Å². The first-order valence-electron chi connectivity index (χ1n) is 8.11. The third kappa shape index (κ3) is 3.78. The van der Waals surface area contributed by atoms with Crippen molar-refractivity contribution in [1.82, 2.24) is 0 Å². The Morgan fingerprint density at radius 3 is 2.29 bits per heavy atom. The van der Waals surface area contributed by atoms with Crippen LogP contribution in [0.15, 0.2) is 24.3 Å². The fourth-order valence-corrected chi connectivity index (χ4v) is 3.28. The second-order valence-electron chi connectivity index (χ2n) is 6.89. The van der Waals surface area contributed by atoms with Gasteiger partial charge < -0.3 is 15.6 Å². The van der Waals surface area contributed by atoms with Crippen molar-refractivity contribution in [1.29, 1.82) is 0 Å². The van der Waals surface area contributed by atoms with Crippen LogP contribution < -0.4 is 10.5 Å². The minimum atomic E-state index is -0.483. The summed E-state index contributed by atoms with van der Waals surface area (Å²) in [6.45, 7) is 6.85. The van der Waals surface area contributed by atoms with Crippen molar-refractivity contribution in [3.63, 3.8) is 0 Å². The number of aliphatic hydroxyl groups excluding tert-OH is 1. The Hall–Kier alpha value is -1.06. The molecule has 0 bridgehead atoms. The van der Waals surface area contributed by atoms with Crippen molar-refractivity contribution >= 4 is 0 Å². The maximum Gasteiger partial charge on any atom is 0.119 e. The molecule has 0 aliphatic heterocycles. The molecule has 1 saturated carbocycles. The Morgan fingerprint density at radius 2 is 1.81 bits per heavy atom. The van der Waals surface area contributed by atoms with Gasteiger partial charge in [0.2, 0.25) is 0 Å². The maximum absolute atomic E-state index is 10.8. The molecule has 0 amide bonds. The van der Waals surface area contributed by atoms with Crippen LogP contribution in [-0.2, 0) is 0 Å². The summed E-state index contributed by atoms with van der Waals surface area (Å²) in [5.74, 6) is 1.60. The maximum atomic E-state index is 10.8. The van der Waals surface area contributed by atoms with E-state index >= 15 is 0 Å². The topological polar surface area (TPSA) is 55.5 Å². The Balaban J connectivity index is 2.12. The average Bonchev–Trinajstić information content (AvgIpc) is 2.48. The zero-order chi connectivity index (χ0) is 15.5. The first-order chi connectivity index (χ1) is 9.97. The van der Waals surface area contributed by atoms with Crippen LogP contribution in [0, 0.1) is 11.3 Å². The van der Waals surface area contributed by atoms with Crippen molar-refractivity contribution in [3.8, 4) is 5.75 Å². The summed E-state index contributed by atoms with van der Waals surface area (Å²) in [5.41, 5.74) is 6.82. The van der Waals surface area contributed by atoms with E-state index in [1.54, 1.807) is 0 Å². The molecule has 1 fully saturated rings. The first kappa shape index (κ1) is 16.3. The molecular weight excluding hydrogens is 262 g/mol. The average molecular weight is 291 g/mol. The minimum absolute atomic E-state index is 0.160. The van der Waals surface area contributed by atoms with E-state index in [-0.39, 0.29) is 11.5 Å². The SMILES string of the molecule is CC1CCC(CN)(C(O)c2ccc(OC(C)C)cc2)CC1. The van der Waals surface area contributed by atoms with Crippen LogP contribution in [0.3, 0.4) is 0 Å². The summed E-state index contributed by atoms with van der Waals surface area (Å²) >= 11 is 0. The number of aliphatic hydroxyl groups is 1. The molecule has 1 aliphatic rings. The van der Waals surface area contributed by atoms with E-state index < -0.39 is 6.10 Å². The van der Waals surface area contributed by atoms with Gasteiger partial charge in [-0.05, 0) is 50.3 Å². The van der Waals surface area contributed by atoms with Gasteiger partial charge in [-0.25, -0.2) is 0 Å². The molecule has 3 nitrogen and oxygen atoms in total. The molecule has 118 valence electrons. The summed E-state index contributed by atoms with van der Waals surface area (Å²) in [6, 6.07) is 7.82. The van der Waals surface area contributed by atoms with Crippen LogP contribution in [0.4, 0.5) is 0 Å². The van der Waals surface area contributed by atoms with Gasteiger partial charge >= 0.3 is 0 Å². The molecule has 1 unspecified atom stereocenters. The molecule has 1 aromatic rings. The number of benzene rings is 1. The predicted molar refractivity (Wildman–Crippen MR) is 86.3 cm³/mol. The molecule has 2 rings (SSSR count). The number of nitrogens with two attached hydrogens (primary N) is 1. The molecule has 0 aromatic heterocycles. The van der Waals surface area contributed by atoms with Gasteiger partial charge in [0.1, 0.15) is 5.75 Å². The lowest BCUT2D eigenvalue weighted by Crippen LogP contribution is -2.39. The van der Waals surface area contributed by atoms with Gasteiger partial charge in [-0.1, -0.05) is 31.9 Å². The third-order valence-corrected chi connectivity index (χ3v) is 4.82. The van der Waals surface area contributed by atoms with Crippen LogP contribution in [0.25, 0.3) is 0 Å². The van der Waals surface area contributed by atoms with Gasteiger partial charge in [-0.15, -0.1) is 0 Å². The highest BCUT2D eigenvalue weighted by Gasteiger charge is 2.40. The Kier molecular flexibility index (Phi) is 5.28. The molecule has 0 heterocycles. The lowest BCUT2D eigenvalue weighted by Gasteiger charge is -2.42. The standard InChI is InChI=1S/C18H29NO2/c1-13(2)21-16-6-4-15(5-7-16)17(20)18(12-19)10-8-14(3)9-11-18/h4-7,13-14,17,20H,8-12,19H2,1-3H3. The molecule has 3 N–H and O–H groups in total. The molecule has 21 heavy (non-hydrogen) atoms. The van der Waals surface area contributed by atoms with Gasteiger partial charge in [-0.3, -0.25) is 0 Å². The van der Waals surface area contributed by atoms with Crippen LogP contribution in [0.1, 0.15) is 58.1 Å². The first-order valence-corrected chi connectivity index (χ1v) is 8.11. The third-order valence-electron chi connectivity index (χ3n) is 4.82. The largest absolute Gasteiger partial charge is 0.491 e. The monoisotopic (exact) mass is 291 g/mol. The second-order valence-corrected chi connectivity index (χ2v) is 6.89. The quantitative estimate of drug-likeness (QED) is 0.870. The smallest absolute Gasteiger partial charge is 0.119 e. The van der Waals surface area contributed by atoms with E-state index in [9.17, 15) is 5.11 Å². The van der Waals surface area contributed by atoms with E-state index in [2.05, 4.69) is 6.92 Å². The normalized spacial score (nSPS) is 27.6. The van der Waals surface area contributed by atoms with Gasteiger partial charge in [0.05, 0.1) is 12.2 Å². The van der Waals surface area contributed by atoms with Crippen molar-refractivity contribution < 1.29 is 9.84 Å². The summed E-state index contributed by atoms with van der Waals surface area (Å²) in [7, 11) is 0. The number of hydrogen-bond donors (Lipinski definition) is 2. The van der Waals surface area contributed by atoms with Gasteiger partial charge in [-0.2, -0.15) is 0 Å². The lowest BCUT2D eigenvalue weighted by atomic mass is 9.66. The lowest BCUT2D eigenvalue weighted by molar-refractivity contribution is -0.00821. The minimum Gasteiger partial charge on any atom is -0.491 e. The van der Waals surface area contributed by atoms with Crippen molar-refractivity contribution in [2.24, 2.45) is 17.1 Å². The highest BCUT2D eigenvalue weighted by molar-refractivity contribution is 5.30. The molecule has 3 heteroatoms. The molecule has 0 spiro atoms. The number of ether oxygens (including phenoxy) is 1. The molecule has 1 aromatic carbocycles. The Morgan fingerprint density at radius 1 is 1.24 bits per heavy atom. The molecule has 0 radical (unpaired) electrons. The fraction of sp³-hybridized carbons (Fsp3) is 0.667. The van der Waals surface area contributed by atoms with Crippen molar-refractivity contribution in [3.05, 3.63) is 29.8 Å². The predicted octanol–water partition coefficient (Wildman–Crippen LogP) is 3.66. The van der Waals surface area contributed by atoms with Crippen LogP contribution in [0.2, 0.25) is 0 Å². The Labute approximate surface area is 128 Å². The summed E-state index contributed by atoms with van der Waals surface area (Å²) in [6.07, 6.45) is 4.01. The van der Waals surface area contributed by atoms with E-state index in [4.69, 9.17) is 10.5 Å². The van der Waals surface area contributed by atoms with Crippen molar-refractivity contribution in [2.45, 2.75) is 58.7 Å². The van der Waals surface area contributed by atoms with Gasteiger partial charge in [0.25, 0.3) is 0 Å². The van der Waals surface area contributed by atoms with E-state index in [0.717, 1.165) is 42.9 Å². The second kappa shape index (κ2) is 6.80. The van der Waals surface area contributed by atoms with Crippen LogP contribution in [0.5, 0.6) is 5.75 Å². The summed E-state index contributed by atoms with van der Waals surface area (Å²) < 4.78 is 5.65. The zero-order valence-corrected chi connectivity index (χ0v) is 13.5. The zero-order valence-electron chi connectivity index (χ0n) is 13.5. The van der Waals surface area contributed by atoms with Gasteiger partial charge in [0, 0.05) is 12.0 Å². The van der Waals surface area contributed by atoms with E-state index in [1.807, 2.05) is 38.1 Å². The van der Waals surface area contributed by atoms with Crippen LogP contribution in [-0.4, -0.2) is 17.8 Å². The molecule has 1 atom stereocenters. The number of rotatable bonds is 5. The molecule has 1 aliphatic carbocycles. The highest BCUT2D eigenvalue weighted by atomic mass is 16.5. The van der Waals surface area contributed by atoms with Gasteiger partial charge in [0.15, 0.2) is 0 Å². The van der Waals surface area contributed by atoms with E-state index in [1.165, 1.54) is 0 Å². The van der Waals surface area contributed by atoms with Crippen molar-refractivity contribution in [2.75, 3.05) is 6.54 Å². The fourth-order valence-electron chi connectivity index (χ4n) is 3.28. The summed E-state index contributed by atoms with van der Waals surface area (Å²) in [5, 5.41) is 10.8.